The van der Waals surface area contributed by atoms with Crippen LogP contribution >= 0.6 is 0 Å². The Morgan fingerprint density at radius 3 is 2.54 bits per heavy atom. The van der Waals surface area contributed by atoms with Gasteiger partial charge in [-0.05, 0) is 18.6 Å². The van der Waals surface area contributed by atoms with Crippen molar-refractivity contribution in [3.05, 3.63) is 30.3 Å². The highest BCUT2D eigenvalue weighted by Crippen LogP contribution is 2.40. The maximum absolute atomic E-state index is 12.7. The molecule has 2 aliphatic rings. The summed E-state index contributed by atoms with van der Waals surface area (Å²) in [6, 6.07) is 9.34. The number of hydrogen-bond acceptors (Lipinski definition) is 3. The van der Waals surface area contributed by atoms with Crippen LogP contribution < -0.4 is 10.2 Å². The molecule has 2 heterocycles. The average Bonchev–Trinajstić information content (AvgIpc) is 2.84. The molecule has 1 aromatic rings. The fraction of sp³-hybridized carbons (Fsp3) is 0.529. The van der Waals surface area contributed by atoms with E-state index in [1.165, 1.54) is 0 Å². The molecule has 6 nitrogen and oxygen atoms in total. The fourth-order valence-corrected chi connectivity index (χ4v) is 5.12. The van der Waals surface area contributed by atoms with E-state index in [1.807, 2.05) is 37.3 Å². The number of benzene rings is 1. The number of carbonyl (C=O) groups excluding carboxylic acids is 2. The molecule has 2 fully saturated rings. The van der Waals surface area contributed by atoms with Crippen molar-refractivity contribution < 1.29 is 13.8 Å². The molecule has 3 amide bonds. The van der Waals surface area contributed by atoms with Crippen LogP contribution in [-0.4, -0.2) is 51.3 Å². The number of likely N-dealkylation sites (tertiary alicyclic amines) is 1. The molecule has 1 aromatic carbocycles. The van der Waals surface area contributed by atoms with E-state index in [4.69, 9.17) is 0 Å². The zero-order valence-electron chi connectivity index (χ0n) is 13.9. The van der Waals surface area contributed by atoms with Crippen molar-refractivity contribution in [2.45, 2.75) is 31.1 Å². The van der Waals surface area contributed by atoms with Gasteiger partial charge in [0.1, 0.15) is 10.6 Å². The second kappa shape index (κ2) is 6.93. The van der Waals surface area contributed by atoms with Crippen molar-refractivity contribution in [3.8, 4) is 0 Å². The summed E-state index contributed by atoms with van der Waals surface area (Å²) < 4.78 is 12.7. The summed E-state index contributed by atoms with van der Waals surface area (Å²) in [5.74, 6) is -0.0277. The summed E-state index contributed by atoms with van der Waals surface area (Å²) in [6.07, 6.45) is 1.98. The van der Waals surface area contributed by atoms with Gasteiger partial charge in [0, 0.05) is 38.2 Å². The number of nitrogens with zero attached hydrogens (tertiary/aromatic N) is 2. The van der Waals surface area contributed by atoms with E-state index in [0.717, 1.165) is 12.1 Å². The lowest BCUT2D eigenvalue weighted by Crippen LogP contribution is -2.57. The van der Waals surface area contributed by atoms with Crippen LogP contribution in [0.15, 0.2) is 30.3 Å². The maximum atomic E-state index is 12.7. The van der Waals surface area contributed by atoms with Crippen LogP contribution in [-0.2, 0) is 15.6 Å². The Morgan fingerprint density at radius 2 is 1.92 bits per heavy atom. The standard InChI is InChI=1S/C17H23N3O3S/c1-2-10-18-16(22)19-11-8-17(9-12-19)20(15(21)13-24(17)23)14-6-4-3-5-7-14/h3-7H,2,8-13H2,1H3,(H,18,22). The minimum atomic E-state index is -1.24. The number of anilines is 1. The first-order valence-electron chi connectivity index (χ1n) is 8.38. The molecular formula is C17H23N3O3S. The fourth-order valence-electron chi connectivity index (χ4n) is 3.45. The van der Waals surface area contributed by atoms with Gasteiger partial charge in [0.25, 0.3) is 0 Å². The highest BCUT2D eigenvalue weighted by molar-refractivity contribution is 7.88. The van der Waals surface area contributed by atoms with Gasteiger partial charge in [-0.3, -0.25) is 13.9 Å². The highest BCUT2D eigenvalue weighted by atomic mass is 32.2. The molecule has 7 heteroatoms. The van der Waals surface area contributed by atoms with Crippen LogP contribution in [0.1, 0.15) is 26.2 Å². The van der Waals surface area contributed by atoms with Crippen LogP contribution in [0.5, 0.6) is 0 Å². The number of hydrogen-bond donors (Lipinski definition) is 1. The summed E-state index contributed by atoms with van der Waals surface area (Å²) in [4.78, 5) is 27.4. The van der Waals surface area contributed by atoms with E-state index in [1.54, 1.807) is 9.80 Å². The first kappa shape index (κ1) is 17.0. The minimum Gasteiger partial charge on any atom is -0.338 e. The number of piperidine rings is 1. The maximum Gasteiger partial charge on any atom is 0.317 e. The lowest BCUT2D eigenvalue weighted by molar-refractivity contribution is -0.116. The van der Waals surface area contributed by atoms with Crippen molar-refractivity contribution in [1.82, 2.24) is 10.2 Å². The molecule has 1 N–H and O–H groups in total. The predicted molar refractivity (Wildman–Crippen MR) is 94.2 cm³/mol. The molecule has 0 radical (unpaired) electrons. The molecule has 130 valence electrons. The average molecular weight is 349 g/mol. The summed E-state index contributed by atoms with van der Waals surface area (Å²) in [5, 5.41) is 2.87. The Balaban J connectivity index is 1.78. The van der Waals surface area contributed by atoms with Crippen molar-refractivity contribution in [3.63, 3.8) is 0 Å². The third kappa shape index (κ3) is 2.92. The van der Waals surface area contributed by atoms with E-state index >= 15 is 0 Å². The Labute approximate surface area is 144 Å². The third-order valence-corrected chi connectivity index (χ3v) is 6.66. The van der Waals surface area contributed by atoms with Crippen LogP contribution in [0.2, 0.25) is 0 Å². The third-order valence-electron chi connectivity index (χ3n) is 4.71. The van der Waals surface area contributed by atoms with Gasteiger partial charge in [-0.15, -0.1) is 0 Å². The molecule has 24 heavy (non-hydrogen) atoms. The lowest BCUT2D eigenvalue weighted by atomic mass is 10.0. The molecule has 0 aliphatic carbocycles. The SMILES string of the molecule is CCCNC(=O)N1CCC2(CC1)N(c1ccccc1)C(=O)CS2=O. The van der Waals surface area contributed by atoms with Gasteiger partial charge in [0.2, 0.25) is 5.91 Å². The molecule has 1 spiro atoms. The number of rotatable bonds is 3. The lowest BCUT2D eigenvalue weighted by Gasteiger charge is -2.43. The van der Waals surface area contributed by atoms with Crippen LogP contribution in [0.4, 0.5) is 10.5 Å². The summed E-state index contributed by atoms with van der Waals surface area (Å²) >= 11 is 0. The molecular weight excluding hydrogens is 326 g/mol. The molecule has 0 aromatic heterocycles. The summed E-state index contributed by atoms with van der Waals surface area (Å²) in [5.41, 5.74) is 0.789. The summed E-state index contributed by atoms with van der Waals surface area (Å²) in [6.45, 7) is 3.69. The van der Waals surface area contributed by atoms with Gasteiger partial charge < -0.3 is 10.2 Å². The number of urea groups is 1. The van der Waals surface area contributed by atoms with E-state index < -0.39 is 15.7 Å². The normalized spacial score (nSPS) is 22.9. The van der Waals surface area contributed by atoms with Crippen molar-refractivity contribution in [2.24, 2.45) is 0 Å². The van der Waals surface area contributed by atoms with Gasteiger partial charge in [-0.1, -0.05) is 25.1 Å². The van der Waals surface area contributed by atoms with Crippen LogP contribution in [0.25, 0.3) is 0 Å². The first-order valence-corrected chi connectivity index (χ1v) is 9.70. The highest BCUT2D eigenvalue weighted by Gasteiger charge is 2.53. The second-order valence-electron chi connectivity index (χ2n) is 6.22. The number of amides is 3. The van der Waals surface area contributed by atoms with E-state index in [0.29, 0.717) is 32.5 Å². The van der Waals surface area contributed by atoms with Crippen molar-refractivity contribution in [2.75, 3.05) is 30.3 Å². The molecule has 0 bridgehead atoms. The molecule has 0 saturated carbocycles. The molecule has 1 atom stereocenters. The Bertz CT molecular complexity index is 642. The monoisotopic (exact) mass is 349 g/mol. The van der Waals surface area contributed by atoms with Gasteiger partial charge in [0.15, 0.2) is 0 Å². The zero-order chi connectivity index (χ0) is 17.2. The number of para-hydroxylation sites is 1. The van der Waals surface area contributed by atoms with E-state index in [9.17, 15) is 13.8 Å². The molecule has 1 unspecified atom stereocenters. The van der Waals surface area contributed by atoms with Crippen LogP contribution in [0.3, 0.4) is 0 Å². The van der Waals surface area contributed by atoms with Crippen LogP contribution in [0, 0.1) is 0 Å². The van der Waals surface area contributed by atoms with E-state index in [2.05, 4.69) is 5.32 Å². The smallest absolute Gasteiger partial charge is 0.317 e. The minimum absolute atomic E-state index is 0.0664. The Kier molecular flexibility index (Phi) is 4.89. The predicted octanol–water partition coefficient (Wildman–Crippen LogP) is 1.69. The molecule has 3 rings (SSSR count). The summed E-state index contributed by atoms with van der Waals surface area (Å²) in [7, 11) is -1.24. The van der Waals surface area contributed by atoms with Gasteiger partial charge in [0.05, 0.1) is 10.8 Å². The Hall–Kier alpha value is -1.89. The first-order chi connectivity index (χ1) is 11.6. The van der Waals surface area contributed by atoms with Gasteiger partial charge >= 0.3 is 6.03 Å². The largest absolute Gasteiger partial charge is 0.338 e. The van der Waals surface area contributed by atoms with E-state index in [-0.39, 0.29) is 17.7 Å². The van der Waals surface area contributed by atoms with Gasteiger partial charge in [-0.2, -0.15) is 0 Å². The topological polar surface area (TPSA) is 69.7 Å². The Morgan fingerprint density at radius 1 is 1.25 bits per heavy atom. The number of carbonyl (C=O) groups is 2. The molecule has 2 aliphatic heterocycles. The quantitative estimate of drug-likeness (QED) is 0.903. The van der Waals surface area contributed by atoms with Crippen molar-refractivity contribution >= 4 is 28.4 Å². The number of nitrogens with one attached hydrogen (secondary N) is 1. The van der Waals surface area contributed by atoms with Gasteiger partial charge in [-0.25, -0.2) is 4.79 Å². The van der Waals surface area contributed by atoms with Crippen molar-refractivity contribution in [1.29, 1.82) is 0 Å². The zero-order valence-corrected chi connectivity index (χ0v) is 14.7. The molecule has 2 saturated heterocycles. The second-order valence-corrected chi connectivity index (χ2v) is 7.96.